The van der Waals surface area contributed by atoms with Gasteiger partial charge in [0.15, 0.2) is 0 Å². The van der Waals surface area contributed by atoms with Crippen LogP contribution < -0.4 is 5.73 Å². The number of hydrogen-bond acceptors (Lipinski definition) is 5. The SMILES string of the molecule is N[C@@H](CS)C(=O)N1CCN(C(=O)C2c3ccc(Cl)cc3CCCC23CC=CC=N3)CC1. The fourth-order valence-electron chi connectivity index (χ4n) is 5.03. The van der Waals surface area contributed by atoms with Gasteiger partial charge < -0.3 is 15.5 Å². The molecule has 0 saturated carbocycles. The van der Waals surface area contributed by atoms with Gasteiger partial charge in [-0.3, -0.25) is 14.6 Å². The number of carbonyl (C=O) groups is 2. The summed E-state index contributed by atoms with van der Waals surface area (Å²) >= 11 is 10.4. The molecule has 1 aliphatic carbocycles. The molecule has 1 spiro atoms. The van der Waals surface area contributed by atoms with Gasteiger partial charge >= 0.3 is 0 Å². The highest BCUT2D eigenvalue weighted by Crippen LogP contribution is 2.45. The highest BCUT2D eigenvalue weighted by Gasteiger charge is 2.47. The molecule has 8 heteroatoms. The van der Waals surface area contributed by atoms with E-state index in [0.29, 0.717) is 37.0 Å². The number of dihydropyridines is 1. The molecule has 4 rings (SSSR count). The molecule has 2 N–H and O–H groups in total. The number of aryl methyl sites for hydroxylation is 1. The standard InChI is InChI=1S/C23H29ClN4O2S/c24-17-5-6-18-16(14-17)4-3-8-23(7-1-2-9-26-23)20(18)22(30)28-12-10-27(11-13-28)21(29)19(25)15-31/h1-2,5-6,9,14,19-20,31H,3-4,7-8,10-13,15,25H2/t19-,20?,23?/m0/s1. The fraction of sp³-hybridized carbons (Fsp3) is 0.522. The van der Waals surface area contributed by atoms with Crippen molar-refractivity contribution < 1.29 is 9.59 Å². The van der Waals surface area contributed by atoms with Crippen LogP contribution in [0.4, 0.5) is 0 Å². The maximum Gasteiger partial charge on any atom is 0.240 e. The second-order valence-corrected chi connectivity index (χ2v) is 9.38. The Morgan fingerprint density at radius 3 is 2.68 bits per heavy atom. The predicted molar refractivity (Wildman–Crippen MR) is 127 cm³/mol. The Balaban J connectivity index is 1.61. The zero-order valence-corrected chi connectivity index (χ0v) is 19.2. The van der Waals surface area contributed by atoms with Crippen molar-refractivity contribution in [2.24, 2.45) is 10.7 Å². The molecule has 2 unspecified atom stereocenters. The summed E-state index contributed by atoms with van der Waals surface area (Å²) < 4.78 is 0. The van der Waals surface area contributed by atoms with E-state index >= 15 is 0 Å². The molecule has 1 fully saturated rings. The van der Waals surface area contributed by atoms with Gasteiger partial charge in [-0.15, -0.1) is 0 Å². The third-order valence-corrected chi connectivity index (χ3v) is 7.33. The first kappa shape index (κ1) is 22.4. The zero-order chi connectivity index (χ0) is 22.0. The summed E-state index contributed by atoms with van der Waals surface area (Å²) in [5, 5.41) is 0.695. The van der Waals surface area contributed by atoms with E-state index in [-0.39, 0.29) is 17.7 Å². The summed E-state index contributed by atoms with van der Waals surface area (Å²) in [6.07, 6.45) is 9.36. The maximum absolute atomic E-state index is 13.9. The van der Waals surface area contributed by atoms with E-state index in [1.54, 1.807) is 4.90 Å². The number of benzene rings is 1. The molecule has 0 bridgehead atoms. The Hall–Kier alpha value is -1.83. The van der Waals surface area contributed by atoms with Crippen LogP contribution in [0.3, 0.4) is 0 Å². The van der Waals surface area contributed by atoms with Crippen molar-refractivity contribution in [2.75, 3.05) is 31.9 Å². The van der Waals surface area contributed by atoms with E-state index < -0.39 is 11.6 Å². The number of carbonyl (C=O) groups excluding carboxylic acids is 2. The Morgan fingerprint density at radius 1 is 1.26 bits per heavy atom. The van der Waals surface area contributed by atoms with Crippen molar-refractivity contribution in [3.63, 3.8) is 0 Å². The van der Waals surface area contributed by atoms with E-state index in [9.17, 15) is 9.59 Å². The van der Waals surface area contributed by atoms with E-state index in [1.165, 1.54) is 0 Å². The quantitative estimate of drug-likeness (QED) is 0.680. The molecular weight excluding hydrogens is 432 g/mol. The molecule has 3 atom stereocenters. The molecular formula is C23H29ClN4O2S. The van der Waals surface area contributed by atoms with E-state index in [2.05, 4.69) is 18.7 Å². The number of rotatable bonds is 3. The van der Waals surface area contributed by atoms with Crippen LogP contribution in [-0.4, -0.2) is 71.3 Å². The number of amides is 2. The average Bonchev–Trinajstić information content (AvgIpc) is 2.94. The number of aliphatic imine (C=N–C) groups is 1. The first-order valence-corrected chi connectivity index (χ1v) is 11.9. The second-order valence-electron chi connectivity index (χ2n) is 8.58. The number of hydrogen-bond donors (Lipinski definition) is 2. The van der Waals surface area contributed by atoms with Gasteiger partial charge in [0.25, 0.3) is 0 Å². The van der Waals surface area contributed by atoms with Crippen LogP contribution in [0.1, 0.15) is 36.3 Å². The van der Waals surface area contributed by atoms with Gasteiger partial charge in [-0.25, -0.2) is 0 Å². The number of halogens is 1. The molecule has 3 aliphatic rings. The van der Waals surface area contributed by atoms with E-state index in [4.69, 9.17) is 22.3 Å². The molecule has 0 aromatic heterocycles. The summed E-state index contributed by atoms with van der Waals surface area (Å²) in [7, 11) is 0. The van der Waals surface area contributed by atoms with Crippen molar-refractivity contribution in [1.29, 1.82) is 0 Å². The molecule has 31 heavy (non-hydrogen) atoms. The van der Waals surface area contributed by atoms with Gasteiger partial charge in [0, 0.05) is 43.2 Å². The summed E-state index contributed by atoms with van der Waals surface area (Å²) in [5.41, 5.74) is 7.56. The maximum atomic E-state index is 13.9. The second kappa shape index (κ2) is 9.35. The molecule has 2 amide bonds. The number of allylic oxidation sites excluding steroid dienone is 1. The molecule has 0 radical (unpaired) electrons. The average molecular weight is 461 g/mol. The van der Waals surface area contributed by atoms with Crippen LogP contribution in [0, 0.1) is 0 Å². The summed E-state index contributed by atoms with van der Waals surface area (Å²) in [6.45, 7) is 1.97. The number of nitrogens with zero attached hydrogens (tertiary/aromatic N) is 3. The Kier molecular flexibility index (Phi) is 6.74. The minimum Gasteiger partial charge on any atom is -0.339 e. The highest BCUT2D eigenvalue weighted by atomic mass is 35.5. The number of nitrogens with two attached hydrogens (primary N) is 1. The monoisotopic (exact) mass is 460 g/mol. The summed E-state index contributed by atoms with van der Waals surface area (Å²) in [5.74, 6) is -0.0584. The molecule has 6 nitrogen and oxygen atoms in total. The number of fused-ring (bicyclic) bond motifs is 1. The number of piperazine rings is 1. The van der Waals surface area contributed by atoms with Gasteiger partial charge in [0.1, 0.15) is 0 Å². The van der Waals surface area contributed by atoms with Crippen LogP contribution >= 0.6 is 24.2 Å². The van der Waals surface area contributed by atoms with Gasteiger partial charge in [0.2, 0.25) is 11.8 Å². The Labute approximate surface area is 193 Å². The molecule has 1 saturated heterocycles. The number of thiol groups is 1. The van der Waals surface area contributed by atoms with Gasteiger partial charge in [-0.05, 0) is 55.0 Å². The van der Waals surface area contributed by atoms with Gasteiger partial charge in [-0.2, -0.15) is 12.6 Å². The lowest BCUT2D eigenvalue weighted by Gasteiger charge is -2.42. The smallest absolute Gasteiger partial charge is 0.240 e. The molecule has 2 heterocycles. The highest BCUT2D eigenvalue weighted by molar-refractivity contribution is 7.80. The van der Waals surface area contributed by atoms with Crippen LogP contribution in [0.2, 0.25) is 5.02 Å². The van der Waals surface area contributed by atoms with Crippen LogP contribution in [0.15, 0.2) is 35.3 Å². The summed E-state index contributed by atoms with van der Waals surface area (Å²) in [4.78, 5) is 34.9. The minimum absolute atomic E-state index is 0.0866. The minimum atomic E-state index is -0.601. The topological polar surface area (TPSA) is 79.0 Å². The van der Waals surface area contributed by atoms with Gasteiger partial charge in [0.05, 0.1) is 17.5 Å². The lowest BCUT2D eigenvalue weighted by atomic mass is 9.73. The largest absolute Gasteiger partial charge is 0.339 e. The van der Waals surface area contributed by atoms with Crippen molar-refractivity contribution in [3.8, 4) is 0 Å². The zero-order valence-electron chi connectivity index (χ0n) is 17.5. The van der Waals surface area contributed by atoms with Crippen molar-refractivity contribution >= 4 is 42.3 Å². The third kappa shape index (κ3) is 4.41. The Morgan fingerprint density at radius 2 is 2.00 bits per heavy atom. The third-order valence-electron chi connectivity index (χ3n) is 6.70. The van der Waals surface area contributed by atoms with E-state index in [1.807, 2.05) is 35.4 Å². The fourth-order valence-corrected chi connectivity index (χ4v) is 5.38. The van der Waals surface area contributed by atoms with Crippen molar-refractivity contribution in [1.82, 2.24) is 9.80 Å². The van der Waals surface area contributed by atoms with Crippen LogP contribution in [-0.2, 0) is 16.0 Å². The first-order chi connectivity index (χ1) is 14.9. The lowest BCUT2D eigenvalue weighted by Crippen LogP contribution is -2.56. The van der Waals surface area contributed by atoms with Crippen molar-refractivity contribution in [2.45, 2.75) is 43.2 Å². The summed E-state index contributed by atoms with van der Waals surface area (Å²) in [6, 6.07) is 5.27. The lowest BCUT2D eigenvalue weighted by molar-refractivity contribution is -0.141. The van der Waals surface area contributed by atoms with Crippen LogP contribution in [0.25, 0.3) is 0 Å². The van der Waals surface area contributed by atoms with Crippen LogP contribution in [0.5, 0.6) is 0 Å². The molecule has 1 aromatic rings. The van der Waals surface area contributed by atoms with E-state index in [0.717, 1.165) is 36.8 Å². The molecule has 2 aliphatic heterocycles. The predicted octanol–water partition coefficient (Wildman–Crippen LogP) is 2.46. The molecule has 166 valence electrons. The molecule has 1 aromatic carbocycles. The first-order valence-electron chi connectivity index (χ1n) is 10.9. The Bertz CT molecular complexity index is 913. The normalized spacial score (nSPS) is 26.5. The van der Waals surface area contributed by atoms with Crippen molar-refractivity contribution in [3.05, 3.63) is 46.5 Å². The van der Waals surface area contributed by atoms with Gasteiger partial charge in [-0.1, -0.05) is 23.7 Å².